The van der Waals surface area contributed by atoms with E-state index in [4.69, 9.17) is 0 Å². The van der Waals surface area contributed by atoms with E-state index in [2.05, 4.69) is 26.1 Å². The van der Waals surface area contributed by atoms with Crippen LogP contribution in [0.5, 0.6) is 0 Å². The number of imide groups is 1. The average Bonchev–Trinajstić information content (AvgIpc) is 3.14. The second-order valence-corrected chi connectivity index (χ2v) is 9.48. The average molecular weight is 454 g/mol. The Morgan fingerprint density at radius 1 is 1.00 bits per heavy atom. The highest BCUT2D eigenvalue weighted by Gasteiger charge is 2.12. The molecule has 1 aromatic carbocycles. The molecular weight excluding hydrogens is 430 g/mol. The van der Waals surface area contributed by atoms with Gasteiger partial charge in [0.25, 0.3) is 0 Å². The molecule has 1 aromatic heterocycles. The SMILES string of the molecule is CCCNC(=O)CSc1nnc(SCC(=O)NC(=O)Nc2ccc(C)c(C)c2)s1. The smallest absolute Gasteiger partial charge is 0.325 e. The third-order valence-electron chi connectivity index (χ3n) is 3.63. The normalized spacial score (nSPS) is 10.4. The van der Waals surface area contributed by atoms with Crippen molar-refractivity contribution in [2.75, 3.05) is 23.4 Å². The molecule has 0 fully saturated rings. The van der Waals surface area contributed by atoms with Crippen LogP contribution in [0.1, 0.15) is 24.5 Å². The lowest BCUT2D eigenvalue weighted by Crippen LogP contribution is -2.35. The lowest BCUT2D eigenvalue weighted by molar-refractivity contribution is -0.119. The summed E-state index contributed by atoms with van der Waals surface area (Å²) < 4.78 is 1.26. The summed E-state index contributed by atoms with van der Waals surface area (Å²) in [5.41, 5.74) is 2.80. The van der Waals surface area contributed by atoms with E-state index < -0.39 is 11.9 Å². The molecule has 0 unspecified atom stereocenters. The molecule has 0 saturated heterocycles. The van der Waals surface area contributed by atoms with E-state index in [9.17, 15) is 14.4 Å². The van der Waals surface area contributed by atoms with Crippen LogP contribution in [0, 0.1) is 13.8 Å². The number of aromatic nitrogens is 2. The van der Waals surface area contributed by atoms with E-state index in [0.29, 0.717) is 20.9 Å². The zero-order valence-corrected chi connectivity index (χ0v) is 18.9. The summed E-state index contributed by atoms with van der Waals surface area (Å²) in [5.74, 6) is -0.162. The number of carbonyl (C=O) groups excluding carboxylic acids is 3. The van der Waals surface area contributed by atoms with E-state index in [1.54, 1.807) is 6.07 Å². The first kappa shape index (κ1) is 23.2. The van der Waals surface area contributed by atoms with Gasteiger partial charge in [0.2, 0.25) is 11.8 Å². The van der Waals surface area contributed by atoms with Gasteiger partial charge in [-0.1, -0.05) is 47.9 Å². The minimum Gasteiger partial charge on any atom is -0.355 e. The molecule has 29 heavy (non-hydrogen) atoms. The van der Waals surface area contributed by atoms with Crippen LogP contribution in [-0.4, -0.2) is 46.1 Å². The molecule has 0 aliphatic carbocycles. The van der Waals surface area contributed by atoms with Gasteiger partial charge >= 0.3 is 6.03 Å². The van der Waals surface area contributed by atoms with Gasteiger partial charge in [0.05, 0.1) is 11.5 Å². The molecule has 1 heterocycles. The van der Waals surface area contributed by atoms with E-state index in [-0.39, 0.29) is 17.4 Å². The molecule has 4 amide bonds. The summed E-state index contributed by atoms with van der Waals surface area (Å²) in [4.78, 5) is 35.5. The van der Waals surface area contributed by atoms with Gasteiger partial charge < -0.3 is 10.6 Å². The maximum Gasteiger partial charge on any atom is 0.325 e. The Morgan fingerprint density at radius 2 is 1.66 bits per heavy atom. The maximum absolute atomic E-state index is 12.0. The van der Waals surface area contributed by atoms with Crippen LogP contribution in [0.3, 0.4) is 0 Å². The molecule has 0 bridgehead atoms. The summed E-state index contributed by atoms with van der Waals surface area (Å²) in [6.45, 7) is 6.58. The molecule has 3 N–H and O–H groups in total. The lowest BCUT2D eigenvalue weighted by Gasteiger charge is -2.08. The summed E-state index contributed by atoms with van der Waals surface area (Å²) in [6, 6.07) is 4.95. The zero-order valence-electron chi connectivity index (χ0n) is 16.4. The summed E-state index contributed by atoms with van der Waals surface area (Å²) >= 11 is 3.80. The van der Waals surface area contributed by atoms with Crippen LogP contribution in [0.15, 0.2) is 26.9 Å². The Labute approximate surface area is 182 Å². The van der Waals surface area contributed by atoms with Gasteiger partial charge in [-0.2, -0.15) is 0 Å². The lowest BCUT2D eigenvalue weighted by atomic mass is 10.1. The Bertz CT molecular complexity index is 872. The van der Waals surface area contributed by atoms with Gasteiger partial charge in [0.15, 0.2) is 8.68 Å². The number of benzene rings is 1. The number of anilines is 1. The van der Waals surface area contributed by atoms with E-state index in [1.165, 1.54) is 34.9 Å². The Balaban J connectivity index is 1.72. The fourth-order valence-corrected chi connectivity index (χ4v) is 4.68. The number of nitrogens with one attached hydrogen (secondary N) is 3. The quantitative estimate of drug-likeness (QED) is 0.500. The van der Waals surface area contributed by atoms with Crippen LogP contribution in [0.25, 0.3) is 0 Å². The maximum atomic E-state index is 12.0. The second-order valence-electron chi connectivity index (χ2n) is 6.06. The highest BCUT2D eigenvalue weighted by Crippen LogP contribution is 2.28. The number of rotatable bonds is 9. The number of carbonyl (C=O) groups is 3. The first-order chi connectivity index (χ1) is 13.9. The number of hydrogen-bond acceptors (Lipinski definition) is 8. The standard InChI is InChI=1S/C18H23N5O3S3/c1-4-7-19-14(24)9-27-17-22-23-18(29-17)28-10-15(25)21-16(26)20-13-6-5-11(2)12(3)8-13/h5-6,8H,4,7,9-10H2,1-3H3,(H,19,24)(H2,20,21,25,26). The highest BCUT2D eigenvalue weighted by atomic mass is 32.2. The van der Waals surface area contributed by atoms with Crippen molar-refractivity contribution in [3.63, 3.8) is 0 Å². The second kappa shape index (κ2) is 11.8. The predicted octanol–water partition coefficient (Wildman–Crippen LogP) is 3.21. The van der Waals surface area contributed by atoms with Gasteiger partial charge in [-0.3, -0.25) is 14.9 Å². The molecule has 0 atom stereocenters. The zero-order chi connectivity index (χ0) is 21.2. The molecule has 0 aliphatic heterocycles. The van der Waals surface area contributed by atoms with Crippen molar-refractivity contribution in [2.45, 2.75) is 35.9 Å². The van der Waals surface area contributed by atoms with Gasteiger partial charge in [0.1, 0.15) is 0 Å². The number of aryl methyl sites for hydroxylation is 2. The van der Waals surface area contributed by atoms with Crippen molar-refractivity contribution in [1.29, 1.82) is 0 Å². The topological polar surface area (TPSA) is 113 Å². The molecule has 0 aliphatic rings. The molecule has 2 rings (SSSR count). The number of urea groups is 1. The third kappa shape index (κ3) is 8.42. The molecule has 2 aromatic rings. The summed E-state index contributed by atoms with van der Waals surface area (Å²) in [5, 5.41) is 15.7. The number of nitrogens with zero attached hydrogens (tertiary/aromatic N) is 2. The van der Waals surface area contributed by atoms with E-state index >= 15 is 0 Å². The van der Waals surface area contributed by atoms with E-state index in [0.717, 1.165) is 17.5 Å². The minimum atomic E-state index is -0.578. The van der Waals surface area contributed by atoms with Crippen molar-refractivity contribution in [1.82, 2.24) is 20.8 Å². The summed E-state index contributed by atoms with van der Waals surface area (Å²) in [7, 11) is 0. The van der Waals surface area contributed by atoms with Crippen molar-refractivity contribution >= 4 is 58.4 Å². The van der Waals surface area contributed by atoms with Crippen molar-refractivity contribution < 1.29 is 14.4 Å². The first-order valence-corrected chi connectivity index (χ1v) is 11.7. The monoisotopic (exact) mass is 453 g/mol. The van der Waals surface area contributed by atoms with Crippen LogP contribution < -0.4 is 16.0 Å². The molecule has 0 radical (unpaired) electrons. The van der Waals surface area contributed by atoms with E-state index in [1.807, 2.05) is 32.9 Å². The van der Waals surface area contributed by atoms with Gasteiger partial charge in [-0.05, 0) is 43.5 Å². The van der Waals surface area contributed by atoms with Crippen LogP contribution in [0.4, 0.5) is 10.5 Å². The van der Waals surface area contributed by atoms with Gasteiger partial charge in [-0.25, -0.2) is 4.79 Å². The van der Waals surface area contributed by atoms with Crippen molar-refractivity contribution in [3.05, 3.63) is 29.3 Å². The van der Waals surface area contributed by atoms with Gasteiger partial charge in [0, 0.05) is 12.2 Å². The van der Waals surface area contributed by atoms with Crippen LogP contribution >= 0.6 is 34.9 Å². The number of amides is 4. The Kier molecular flexibility index (Phi) is 9.42. The summed E-state index contributed by atoms with van der Waals surface area (Å²) in [6.07, 6.45) is 0.890. The van der Waals surface area contributed by atoms with Gasteiger partial charge in [-0.15, -0.1) is 10.2 Å². The first-order valence-electron chi connectivity index (χ1n) is 8.91. The van der Waals surface area contributed by atoms with Crippen molar-refractivity contribution in [3.8, 4) is 0 Å². The largest absolute Gasteiger partial charge is 0.355 e. The fraction of sp³-hybridized carbons (Fsp3) is 0.389. The minimum absolute atomic E-state index is 0.0383. The molecule has 0 spiro atoms. The Hall–Kier alpha value is -2.11. The molecule has 11 heteroatoms. The molecule has 156 valence electrons. The fourth-order valence-electron chi connectivity index (χ4n) is 2.03. The highest BCUT2D eigenvalue weighted by molar-refractivity contribution is 8.03. The predicted molar refractivity (Wildman–Crippen MR) is 118 cm³/mol. The molecular formula is C18H23N5O3S3. The van der Waals surface area contributed by atoms with Crippen LogP contribution in [0.2, 0.25) is 0 Å². The number of hydrogen-bond donors (Lipinski definition) is 3. The third-order valence-corrected chi connectivity index (χ3v) is 6.82. The molecule has 8 nitrogen and oxygen atoms in total. The molecule has 0 saturated carbocycles. The Morgan fingerprint density at radius 3 is 2.28 bits per heavy atom. The van der Waals surface area contributed by atoms with Crippen molar-refractivity contribution in [2.24, 2.45) is 0 Å². The van der Waals surface area contributed by atoms with Crippen LogP contribution in [-0.2, 0) is 9.59 Å². The number of thioether (sulfide) groups is 2.